The minimum absolute atomic E-state index is 0.178. The van der Waals surface area contributed by atoms with Crippen molar-refractivity contribution in [2.45, 2.75) is 6.92 Å². The Bertz CT molecular complexity index is 1260. The van der Waals surface area contributed by atoms with Crippen LogP contribution < -0.4 is 25.5 Å². The van der Waals surface area contributed by atoms with Gasteiger partial charge in [0.1, 0.15) is 18.1 Å². The lowest BCUT2D eigenvalue weighted by Gasteiger charge is -2.11. The molecule has 3 amide bonds. The highest BCUT2D eigenvalue weighted by molar-refractivity contribution is 6.40. The van der Waals surface area contributed by atoms with Crippen LogP contribution in [-0.4, -0.2) is 37.1 Å². The molecule has 0 aliphatic carbocycles. The number of anilines is 2. The van der Waals surface area contributed by atoms with Crippen molar-refractivity contribution in [2.75, 3.05) is 23.8 Å². The lowest BCUT2D eigenvalue weighted by molar-refractivity contribution is -0.136. The maximum Gasteiger partial charge on any atom is 0.329 e. The third-order valence-corrected chi connectivity index (χ3v) is 4.65. The molecule has 0 aromatic heterocycles. The Kier molecular flexibility index (Phi) is 9.35. The number of rotatable bonds is 10. The van der Waals surface area contributed by atoms with Gasteiger partial charge in [-0.05, 0) is 61.0 Å². The Morgan fingerprint density at radius 2 is 1.67 bits per heavy atom. The molecule has 9 nitrogen and oxygen atoms in total. The summed E-state index contributed by atoms with van der Waals surface area (Å²) in [7, 11) is 0. The van der Waals surface area contributed by atoms with Crippen molar-refractivity contribution in [1.29, 1.82) is 0 Å². The van der Waals surface area contributed by atoms with Gasteiger partial charge in [0.25, 0.3) is 5.91 Å². The first kappa shape index (κ1) is 25.7. The largest absolute Gasteiger partial charge is 0.494 e. The smallest absolute Gasteiger partial charge is 0.329 e. The molecule has 3 aromatic rings. The van der Waals surface area contributed by atoms with Crippen molar-refractivity contribution in [1.82, 2.24) is 5.43 Å². The van der Waals surface area contributed by atoms with E-state index < -0.39 is 17.7 Å². The Balaban J connectivity index is 1.59. The maximum atomic E-state index is 12.8. The third kappa shape index (κ3) is 7.56. The quantitative estimate of drug-likeness (QED) is 0.173. The molecular weight excluding hydrogens is 460 g/mol. The van der Waals surface area contributed by atoms with Gasteiger partial charge in [-0.2, -0.15) is 5.10 Å². The van der Waals surface area contributed by atoms with Gasteiger partial charge in [0.05, 0.1) is 24.1 Å². The zero-order chi connectivity index (χ0) is 25.8. The average molecular weight is 487 g/mol. The van der Waals surface area contributed by atoms with Crippen LogP contribution in [0.1, 0.15) is 22.8 Å². The highest BCUT2D eigenvalue weighted by Gasteiger charge is 2.17. The first-order valence-electron chi connectivity index (χ1n) is 11.1. The predicted molar refractivity (Wildman–Crippen MR) is 139 cm³/mol. The average Bonchev–Trinajstić information content (AvgIpc) is 2.89. The summed E-state index contributed by atoms with van der Waals surface area (Å²) < 4.78 is 10.8. The van der Waals surface area contributed by atoms with Gasteiger partial charge in [0.15, 0.2) is 0 Å². The highest BCUT2D eigenvalue weighted by atomic mass is 16.5. The van der Waals surface area contributed by atoms with E-state index in [0.29, 0.717) is 36.0 Å². The van der Waals surface area contributed by atoms with Crippen LogP contribution in [0.5, 0.6) is 11.5 Å². The highest BCUT2D eigenvalue weighted by Crippen LogP contribution is 2.20. The normalized spacial score (nSPS) is 10.4. The van der Waals surface area contributed by atoms with Crippen molar-refractivity contribution in [3.63, 3.8) is 0 Å². The summed E-state index contributed by atoms with van der Waals surface area (Å²) in [5, 5.41) is 9.01. The maximum absolute atomic E-state index is 12.8. The zero-order valence-corrected chi connectivity index (χ0v) is 19.7. The molecular formula is C27H26N4O5. The molecule has 0 saturated carbocycles. The van der Waals surface area contributed by atoms with Gasteiger partial charge < -0.3 is 20.1 Å². The molecule has 36 heavy (non-hydrogen) atoms. The zero-order valence-electron chi connectivity index (χ0n) is 19.7. The van der Waals surface area contributed by atoms with Gasteiger partial charge in [-0.3, -0.25) is 14.4 Å². The molecule has 0 spiro atoms. The van der Waals surface area contributed by atoms with E-state index in [0.717, 1.165) is 0 Å². The van der Waals surface area contributed by atoms with Crippen molar-refractivity contribution in [3.05, 3.63) is 96.6 Å². The van der Waals surface area contributed by atoms with E-state index in [1.54, 1.807) is 66.7 Å². The Hall–Kier alpha value is -4.92. The van der Waals surface area contributed by atoms with Crippen LogP contribution in [-0.2, 0) is 9.59 Å². The van der Waals surface area contributed by atoms with E-state index in [1.165, 1.54) is 18.3 Å². The monoisotopic (exact) mass is 486 g/mol. The van der Waals surface area contributed by atoms with E-state index in [-0.39, 0.29) is 11.3 Å². The number of hydrogen-bond donors (Lipinski definition) is 3. The number of hydrazone groups is 1. The van der Waals surface area contributed by atoms with Gasteiger partial charge >= 0.3 is 11.8 Å². The number of hydrogen-bond acceptors (Lipinski definition) is 6. The lowest BCUT2D eigenvalue weighted by Crippen LogP contribution is -2.33. The van der Waals surface area contributed by atoms with Gasteiger partial charge in [0, 0.05) is 5.69 Å². The molecule has 184 valence electrons. The van der Waals surface area contributed by atoms with E-state index >= 15 is 0 Å². The molecule has 0 fully saturated rings. The molecule has 0 heterocycles. The van der Waals surface area contributed by atoms with E-state index in [2.05, 4.69) is 27.7 Å². The van der Waals surface area contributed by atoms with Gasteiger partial charge in [-0.25, -0.2) is 5.43 Å². The van der Waals surface area contributed by atoms with Gasteiger partial charge in [-0.15, -0.1) is 0 Å². The fraction of sp³-hybridized carbons (Fsp3) is 0.111. The summed E-state index contributed by atoms with van der Waals surface area (Å²) >= 11 is 0. The lowest BCUT2D eigenvalue weighted by atomic mass is 10.1. The second-order valence-electron chi connectivity index (χ2n) is 7.28. The number of para-hydroxylation sites is 1. The molecule has 0 saturated heterocycles. The standard InChI is InChI=1S/C27H26N4O5/c1-3-16-36-22-9-7-8-19(17-22)18-28-31-27(34)26(33)30-24-11-6-5-10-23(24)25(32)29-20-12-14-21(15-13-20)35-4-2/h3,5-15,17-18H,1,4,16H2,2H3,(H,29,32)(H,30,33)(H,31,34)/b28-18+. The predicted octanol–water partition coefficient (Wildman–Crippen LogP) is 3.99. The van der Waals surface area contributed by atoms with Crippen LogP contribution in [0.2, 0.25) is 0 Å². The third-order valence-electron chi connectivity index (χ3n) is 4.65. The molecule has 9 heteroatoms. The first-order chi connectivity index (χ1) is 17.5. The van der Waals surface area contributed by atoms with Crippen LogP contribution >= 0.6 is 0 Å². The number of nitrogens with zero attached hydrogens (tertiary/aromatic N) is 1. The topological polar surface area (TPSA) is 118 Å². The van der Waals surface area contributed by atoms with Crippen molar-refractivity contribution >= 4 is 35.3 Å². The summed E-state index contributed by atoms with van der Waals surface area (Å²) in [5.74, 6) is -1.12. The van der Waals surface area contributed by atoms with Crippen LogP contribution in [0.3, 0.4) is 0 Å². The summed E-state index contributed by atoms with van der Waals surface area (Å²) in [6.07, 6.45) is 3.01. The molecule has 0 unspecified atom stereocenters. The summed E-state index contributed by atoms with van der Waals surface area (Å²) in [6.45, 7) is 6.37. The SMILES string of the molecule is C=CCOc1cccc(/C=N/NC(=O)C(=O)Nc2ccccc2C(=O)Nc2ccc(OCC)cc2)c1. The number of carbonyl (C=O) groups excluding carboxylic acids is 3. The van der Waals surface area contributed by atoms with Gasteiger partial charge in [0.2, 0.25) is 0 Å². The van der Waals surface area contributed by atoms with Crippen LogP contribution in [0.4, 0.5) is 11.4 Å². The van der Waals surface area contributed by atoms with Crippen molar-refractivity contribution < 1.29 is 23.9 Å². The molecule has 3 rings (SSSR count). The van der Waals surface area contributed by atoms with Crippen molar-refractivity contribution in [2.24, 2.45) is 5.10 Å². The molecule has 0 radical (unpaired) electrons. The Morgan fingerprint density at radius 3 is 2.42 bits per heavy atom. The molecule has 0 atom stereocenters. The van der Waals surface area contributed by atoms with E-state index in [9.17, 15) is 14.4 Å². The van der Waals surface area contributed by atoms with Gasteiger partial charge in [-0.1, -0.05) is 36.9 Å². The van der Waals surface area contributed by atoms with Crippen LogP contribution in [0.25, 0.3) is 0 Å². The van der Waals surface area contributed by atoms with Crippen molar-refractivity contribution in [3.8, 4) is 11.5 Å². The van der Waals surface area contributed by atoms with E-state index in [1.807, 2.05) is 6.92 Å². The Morgan fingerprint density at radius 1 is 0.889 bits per heavy atom. The molecule has 3 aromatic carbocycles. The minimum atomic E-state index is -0.993. The number of benzene rings is 3. The molecule has 0 bridgehead atoms. The number of ether oxygens (including phenoxy) is 2. The number of carbonyl (C=O) groups is 3. The summed E-state index contributed by atoms with van der Waals surface area (Å²) in [6, 6.07) is 20.3. The first-order valence-corrected chi connectivity index (χ1v) is 11.1. The van der Waals surface area contributed by atoms with E-state index in [4.69, 9.17) is 9.47 Å². The summed E-state index contributed by atoms with van der Waals surface area (Å²) in [4.78, 5) is 37.4. The second-order valence-corrected chi connectivity index (χ2v) is 7.28. The molecule has 3 N–H and O–H groups in total. The van der Waals surface area contributed by atoms with Crippen LogP contribution in [0, 0.1) is 0 Å². The van der Waals surface area contributed by atoms with Crippen LogP contribution in [0.15, 0.2) is 90.6 Å². The molecule has 0 aliphatic heterocycles. The molecule has 0 aliphatic rings. The summed E-state index contributed by atoms with van der Waals surface area (Å²) in [5.41, 5.74) is 3.74. The Labute approximate surface area is 208 Å². The fourth-order valence-corrected chi connectivity index (χ4v) is 3.02. The number of nitrogens with one attached hydrogen (secondary N) is 3. The minimum Gasteiger partial charge on any atom is -0.494 e. The number of amides is 3. The fourth-order valence-electron chi connectivity index (χ4n) is 3.02. The second kappa shape index (κ2) is 13.1.